The molecule has 5 rings (SSSR count). The zero-order chi connectivity index (χ0) is 32.6. The summed E-state index contributed by atoms with van der Waals surface area (Å²) in [5.74, 6) is -1.53. The minimum absolute atomic E-state index is 0.0962. The third kappa shape index (κ3) is 8.29. The molecule has 13 nitrogen and oxygen atoms in total. The fraction of sp³-hybridized carbons (Fsp3) is 0.467. The molecule has 2 aliphatic rings. The molecule has 3 heterocycles. The molecule has 1 aliphatic carbocycles. The van der Waals surface area contributed by atoms with E-state index in [4.69, 9.17) is 14.2 Å². The number of alkyl halides is 3. The molecule has 2 atom stereocenters. The summed E-state index contributed by atoms with van der Waals surface area (Å²) >= 11 is 0. The van der Waals surface area contributed by atoms with Crippen molar-refractivity contribution in [2.75, 3.05) is 37.5 Å². The van der Waals surface area contributed by atoms with E-state index in [1.165, 1.54) is 19.4 Å². The number of benzene rings is 1. The average Bonchev–Trinajstić information content (AvgIpc) is 3.02. The van der Waals surface area contributed by atoms with Crippen LogP contribution >= 0.6 is 0 Å². The third-order valence-electron chi connectivity index (χ3n) is 7.65. The van der Waals surface area contributed by atoms with E-state index in [0.717, 1.165) is 12.0 Å². The number of anilines is 2. The quantitative estimate of drug-likeness (QED) is 0.202. The predicted molar refractivity (Wildman–Crippen MR) is 159 cm³/mol. The lowest BCUT2D eigenvalue weighted by molar-refractivity contribution is -0.142. The van der Waals surface area contributed by atoms with Gasteiger partial charge in [0.1, 0.15) is 23.1 Å². The number of rotatable bonds is 13. The fourth-order valence-electron chi connectivity index (χ4n) is 5.17. The maximum Gasteiger partial charge on any atom is 0.423 e. The van der Waals surface area contributed by atoms with Crippen LogP contribution in [0.3, 0.4) is 0 Å². The minimum Gasteiger partial charge on any atom is -0.476 e. The monoisotopic (exact) mass is 644 g/mol. The maximum atomic E-state index is 13.8. The first-order valence-electron chi connectivity index (χ1n) is 14.9. The van der Waals surface area contributed by atoms with Crippen molar-refractivity contribution in [2.24, 2.45) is 5.92 Å². The molecular weight excluding hydrogens is 609 g/mol. The number of carbonyl (C=O) groups excluding carboxylic acids is 2. The zero-order valence-corrected chi connectivity index (χ0v) is 25.1. The Balaban J connectivity index is 1.42. The van der Waals surface area contributed by atoms with E-state index in [9.17, 15) is 22.8 Å². The van der Waals surface area contributed by atoms with Crippen LogP contribution in [0.25, 0.3) is 0 Å². The molecule has 46 heavy (non-hydrogen) atoms. The first-order chi connectivity index (χ1) is 22.1. The van der Waals surface area contributed by atoms with Gasteiger partial charge in [0.2, 0.25) is 29.5 Å². The van der Waals surface area contributed by atoms with E-state index in [0.29, 0.717) is 25.5 Å². The molecule has 2 unspecified atom stereocenters. The van der Waals surface area contributed by atoms with E-state index in [1.807, 2.05) is 30.3 Å². The SMILES string of the molecule is CNC(=O)CCOc1cnc(NC2(Nc3ncc(C(F)(F)F)c(OC4COC4)n3)CCCCC2C(=O)NCc2ccccc2)cn1. The predicted octanol–water partition coefficient (Wildman–Crippen LogP) is 3.30. The second kappa shape index (κ2) is 14.6. The van der Waals surface area contributed by atoms with Crippen molar-refractivity contribution in [1.82, 2.24) is 30.6 Å². The Morgan fingerprint density at radius 1 is 1.04 bits per heavy atom. The Morgan fingerprint density at radius 2 is 1.85 bits per heavy atom. The molecule has 1 saturated carbocycles. The Hall–Kier alpha value is -4.73. The molecular formula is C30H35F3N8O5. The Bertz CT molecular complexity index is 1480. The highest BCUT2D eigenvalue weighted by Gasteiger charge is 2.46. The van der Waals surface area contributed by atoms with Crippen molar-refractivity contribution in [2.45, 2.75) is 56.6 Å². The summed E-state index contributed by atoms with van der Waals surface area (Å²) in [6.45, 7) is 0.665. The van der Waals surface area contributed by atoms with Crippen molar-refractivity contribution in [3.8, 4) is 11.8 Å². The molecule has 4 N–H and O–H groups in total. The Kier molecular flexibility index (Phi) is 10.3. The van der Waals surface area contributed by atoms with E-state index in [-0.39, 0.29) is 62.2 Å². The summed E-state index contributed by atoms with van der Waals surface area (Å²) in [6, 6.07) is 9.41. The van der Waals surface area contributed by atoms with Gasteiger partial charge in [0.25, 0.3) is 0 Å². The highest BCUT2D eigenvalue weighted by molar-refractivity contribution is 5.81. The lowest BCUT2D eigenvalue weighted by atomic mass is 9.77. The van der Waals surface area contributed by atoms with E-state index in [2.05, 4.69) is 41.2 Å². The van der Waals surface area contributed by atoms with Crippen LogP contribution in [0.1, 0.15) is 43.2 Å². The molecule has 246 valence electrons. The van der Waals surface area contributed by atoms with E-state index < -0.39 is 35.3 Å². The average molecular weight is 645 g/mol. The molecule has 2 fully saturated rings. The van der Waals surface area contributed by atoms with Crippen molar-refractivity contribution in [3.63, 3.8) is 0 Å². The summed E-state index contributed by atoms with van der Waals surface area (Å²) in [4.78, 5) is 42.0. The highest BCUT2D eigenvalue weighted by Crippen LogP contribution is 2.39. The summed E-state index contributed by atoms with van der Waals surface area (Å²) < 4.78 is 57.5. The van der Waals surface area contributed by atoms with Crippen molar-refractivity contribution >= 4 is 23.6 Å². The Morgan fingerprint density at radius 3 is 2.52 bits per heavy atom. The number of carbonyl (C=O) groups is 2. The number of aromatic nitrogens is 4. The molecule has 3 aromatic rings. The lowest BCUT2D eigenvalue weighted by Crippen LogP contribution is -2.59. The van der Waals surface area contributed by atoms with Crippen molar-refractivity contribution in [3.05, 3.63) is 60.0 Å². The van der Waals surface area contributed by atoms with Gasteiger partial charge in [-0.1, -0.05) is 36.8 Å². The van der Waals surface area contributed by atoms with Gasteiger partial charge < -0.3 is 35.5 Å². The van der Waals surface area contributed by atoms with Crippen LogP contribution in [-0.4, -0.2) is 70.4 Å². The van der Waals surface area contributed by atoms with Gasteiger partial charge in [-0.3, -0.25) is 9.59 Å². The second-order valence-electron chi connectivity index (χ2n) is 10.9. The molecule has 0 radical (unpaired) electrons. The van der Waals surface area contributed by atoms with E-state index in [1.54, 1.807) is 0 Å². The zero-order valence-electron chi connectivity index (χ0n) is 25.1. The number of amides is 2. The molecule has 0 spiro atoms. The van der Waals surface area contributed by atoms with Gasteiger partial charge in [-0.25, -0.2) is 15.0 Å². The third-order valence-corrected chi connectivity index (χ3v) is 7.65. The normalized spacial score (nSPS) is 19.8. The standard InChI is InChI=1S/C30H35F3N8O5/c1-34-24(42)10-12-45-25-16-35-23(15-36-25)40-29(11-6-5-9-21(29)26(43)37-13-19-7-3-2-4-8-19)41-28-38-14-22(30(31,32)33)27(39-28)46-20-17-44-18-20/h2-4,7-8,14-16,20-21H,5-6,9-13,17-18H2,1H3,(H,34,42)(H,35,40)(H,37,43)(H,38,39,41). The number of nitrogens with zero attached hydrogens (tertiary/aromatic N) is 4. The number of halogens is 3. The summed E-state index contributed by atoms with van der Waals surface area (Å²) in [5.41, 5.74) is -1.49. The maximum absolute atomic E-state index is 13.8. The number of hydrogen-bond donors (Lipinski definition) is 4. The van der Waals surface area contributed by atoms with Gasteiger partial charge in [-0.05, 0) is 24.8 Å². The van der Waals surface area contributed by atoms with Gasteiger partial charge in [-0.15, -0.1) is 0 Å². The van der Waals surface area contributed by atoms with E-state index >= 15 is 0 Å². The van der Waals surface area contributed by atoms with Gasteiger partial charge in [-0.2, -0.15) is 18.2 Å². The van der Waals surface area contributed by atoms with Crippen LogP contribution in [0.5, 0.6) is 11.8 Å². The summed E-state index contributed by atoms with van der Waals surface area (Å²) in [5, 5.41) is 11.9. The molecule has 1 aliphatic heterocycles. The molecule has 16 heteroatoms. The lowest BCUT2D eigenvalue weighted by Gasteiger charge is -2.44. The fourth-order valence-corrected chi connectivity index (χ4v) is 5.17. The van der Waals surface area contributed by atoms with Crippen LogP contribution in [0.2, 0.25) is 0 Å². The summed E-state index contributed by atoms with van der Waals surface area (Å²) in [6.07, 6.45) is 0.501. The number of ether oxygens (including phenoxy) is 3. The van der Waals surface area contributed by atoms with Gasteiger partial charge >= 0.3 is 6.18 Å². The summed E-state index contributed by atoms with van der Waals surface area (Å²) in [7, 11) is 1.53. The van der Waals surface area contributed by atoms with Gasteiger partial charge in [0.15, 0.2) is 0 Å². The van der Waals surface area contributed by atoms with Crippen LogP contribution in [0, 0.1) is 5.92 Å². The molecule has 0 bridgehead atoms. The van der Waals surface area contributed by atoms with Gasteiger partial charge in [0, 0.05) is 19.8 Å². The van der Waals surface area contributed by atoms with Gasteiger partial charge in [0.05, 0.1) is 44.6 Å². The van der Waals surface area contributed by atoms with Crippen LogP contribution in [-0.2, 0) is 27.0 Å². The first-order valence-corrected chi connectivity index (χ1v) is 14.9. The number of hydrogen-bond acceptors (Lipinski definition) is 11. The topological polar surface area (TPSA) is 162 Å². The van der Waals surface area contributed by atoms with Crippen LogP contribution in [0.15, 0.2) is 48.9 Å². The van der Waals surface area contributed by atoms with Crippen molar-refractivity contribution in [1.29, 1.82) is 0 Å². The largest absolute Gasteiger partial charge is 0.476 e. The molecule has 1 aromatic carbocycles. The molecule has 1 saturated heterocycles. The molecule has 2 aromatic heterocycles. The second-order valence-corrected chi connectivity index (χ2v) is 10.9. The van der Waals surface area contributed by atoms with Crippen molar-refractivity contribution < 1.29 is 37.0 Å². The Labute approximate surface area is 263 Å². The first kappa shape index (κ1) is 32.7. The highest BCUT2D eigenvalue weighted by atomic mass is 19.4. The smallest absolute Gasteiger partial charge is 0.423 e. The van der Waals surface area contributed by atoms with Crippen LogP contribution in [0.4, 0.5) is 24.9 Å². The molecule has 2 amide bonds. The number of nitrogens with one attached hydrogen (secondary N) is 4. The minimum atomic E-state index is -4.75. The van der Waals surface area contributed by atoms with Crippen LogP contribution < -0.4 is 30.7 Å².